The second-order valence-corrected chi connectivity index (χ2v) is 6.26. The van der Waals surface area contributed by atoms with Crippen molar-refractivity contribution in [1.82, 2.24) is 29.8 Å². The van der Waals surface area contributed by atoms with Crippen LogP contribution >= 0.6 is 15.9 Å². The molecule has 2 N–H and O–H groups in total. The summed E-state index contributed by atoms with van der Waals surface area (Å²) in [6.07, 6.45) is 5.77. The van der Waals surface area contributed by atoms with Crippen molar-refractivity contribution < 1.29 is 0 Å². The average Bonchev–Trinajstić information content (AvgIpc) is 3.15. The van der Waals surface area contributed by atoms with Gasteiger partial charge in [-0.25, -0.2) is 9.98 Å². The summed E-state index contributed by atoms with van der Waals surface area (Å²) in [6.45, 7) is 4.03. The van der Waals surface area contributed by atoms with Gasteiger partial charge in [-0.1, -0.05) is 0 Å². The van der Waals surface area contributed by atoms with Crippen molar-refractivity contribution in [1.29, 1.82) is 0 Å². The number of rotatable bonds is 5. The van der Waals surface area contributed by atoms with Gasteiger partial charge in [-0.2, -0.15) is 5.10 Å². The fraction of sp³-hybridized carbons (Fsp3) is 0.312. The van der Waals surface area contributed by atoms with Crippen LogP contribution < -0.4 is 10.6 Å². The van der Waals surface area contributed by atoms with E-state index in [0.717, 1.165) is 34.0 Å². The summed E-state index contributed by atoms with van der Waals surface area (Å²) in [5.41, 5.74) is 2.93. The lowest BCUT2D eigenvalue weighted by Crippen LogP contribution is -2.37. The minimum atomic E-state index is 0.514. The number of guanidine groups is 1. The highest BCUT2D eigenvalue weighted by Gasteiger charge is 2.04. The molecule has 7 nitrogen and oxygen atoms in total. The number of halogens is 1. The number of fused-ring (bicyclic) bond motifs is 1. The SMILES string of the molecule is CCNC(=NCc1cn2cc(Br)ccc2n1)NCc1ccnn1C. The van der Waals surface area contributed by atoms with Gasteiger partial charge in [0.25, 0.3) is 0 Å². The van der Waals surface area contributed by atoms with Crippen molar-refractivity contribution in [3.8, 4) is 0 Å². The summed E-state index contributed by atoms with van der Waals surface area (Å²) in [4.78, 5) is 9.18. The van der Waals surface area contributed by atoms with Gasteiger partial charge in [0.15, 0.2) is 5.96 Å². The number of aryl methyl sites for hydroxylation is 1. The highest BCUT2D eigenvalue weighted by Crippen LogP contribution is 2.12. The van der Waals surface area contributed by atoms with Crippen LogP contribution in [0.3, 0.4) is 0 Å². The van der Waals surface area contributed by atoms with Crippen LogP contribution in [-0.4, -0.2) is 31.7 Å². The highest BCUT2D eigenvalue weighted by atomic mass is 79.9. The minimum absolute atomic E-state index is 0.514. The number of nitrogens with one attached hydrogen (secondary N) is 2. The van der Waals surface area contributed by atoms with Gasteiger partial charge in [0.1, 0.15) is 5.65 Å². The van der Waals surface area contributed by atoms with Gasteiger partial charge < -0.3 is 15.0 Å². The van der Waals surface area contributed by atoms with E-state index in [1.165, 1.54) is 0 Å². The largest absolute Gasteiger partial charge is 0.357 e. The summed E-state index contributed by atoms with van der Waals surface area (Å²) in [5.74, 6) is 0.761. The molecule has 0 aliphatic heterocycles. The number of pyridine rings is 1. The Labute approximate surface area is 148 Å². The molecule has 0 aliphatic carbocycles. The van der Waals surface area contributed by atoms with Crippen LogP contribution in [0.2, 0.25) is 0 Å². The van der Waals surface area contributed by atoms with E-state index in [1.54, 1.807) is 6.20 Å². The van der Waals surface area contributed by atoms with Crippen LogP contribution in [0.25, 0.3) is 5.65 Å². The van der Waals surface area contributed by atoms with Crippen molar-refractivity contribution in [2.75, 3.05) is 6.54 Å². The molecule has 3 aromatic rings. The van der Waals surface area contributed by atoms with Crippen molar-refractivity contribution in [3.63, 3.8) is 0 Å². The van der Waals surface area contributed by atoms with Crippen LogP contribution in [0, 0.1) is 0 Å². The lowest BCUT2D eigenvalue weighted by atomic mass is 10.4. The summed E-state index contributed by atoms with van der Waals surface area (Å²) in [7, 11) is 1.93. The Morgan fingerprint density at radius 2 is 2.12 bits per heavy atom. The summed E-state index contributed by atoms with van der Waals surface area (Å²) >= 11 is 3.47. The fourth-order valence-electron chi connectivity index (χ4n) is 2.34. The number of aromatic nitrogens is 4. The fourth-order valence-corrected chi connectivity index (χ4v) is 2.70. The lowest BCUT2D eigenvalue weighted by Gasteiger charge is -2.11. The van der Waals surface area contributed by atoms with Crippen molar-refractivity contribution in [2.24, 2.45) is 12.0 Å². The van der Waals surface area contributed by atoms with E-state index < -0.39 is 0 Å². The Morgan fingerprint density at radius 3 is 2.88 bits per heavy atom. The van der Waals surface area contributed by atoms with Crippen LogP contribution in [0.4, 0.5) is 0 Å². The van der Waals surface area contributed by atoms with E-state index in [-0.39, 0.29) is 0 Å². The van der Waals surface area contributed by atoms with Gasteiger partial charge in [0, 0.05) is 36.7 Å². The molecule has 0 spiro atoms. The quantitative estimate of drug-likeness (QED) is 0.517. The molecule has 3 heterocycles. The first-order valence-electron chi connectivity index (χ1n) is 7.78. The van der Waals surface area contributed by atoms with E-state index in [9.17, 15) is 0 Å². The standard InChI is InChI=1S/C16H20BrN7/c1-3-18-16(20-9-14-6-7-21-23(14)2)19-8-13-11-24-10-12(17)4-5-15(24)22-13/h4-7,10-11H,3,8-9H2,1-2H3,(H2,18,19,20). The molecular weight excluding hydrogens is 370 g/mol. The number of hydrogen-bond donors (Lipinski definition) is 2. The molecule has 8 heteroatoms. The first kappa shape index (κ1) is 16.5. The highest BCUT2D eigenvalue weighted by molar-refractivity contribution is 9.10. The molecule has 0 bridgehead atoms. The second kappa shape index (κ2) is 7.48. The van der Waals surface area contributed by atoms with E-state index >= 15 is 0 Å². The van der Waals surface area contributed by atoms with Gasteiger partial charge >= 0.3 is 0 Å². The topological polar surface area (TPSA) is 71.5 Å². The Bertz CT molecular complexity index is 849. The van der Waals surface area contributed by atoms with Crippen LogP contribution in [0.5, 0.6) is 0 Å². The second-order valence-electron chi connectivity index (χ2n) is 5.34. The van der Waals surface area contributed by atoms with Crippen molar-refractivity contribution in [3.05, 3.63) is 52.7 Å². The van der Waals surface area contributed by atoms with Gasteiger partial charge in [-0.15, -0.1) is 0 Å². The number of imidazole rings is 1. The van der Waals surface area contributed by atoms with Gasteiger partial charge in [0.2, 0.25) is 0 Å². The smallest absolute Gasteiger partial charge is 0.191 e. The van der Waals surface area contributed by atoms with E-state index in [2.05, 4.69) is 41.6 Å². The molecule has 3 aromatic heterocycles. The molecule has 0 unspecified atom stereocenters. The van der Waals surface area contributed by atoms with E-state index in [4.69, 9.17) is 0 Å². The van der Waals surface area contributed by atoms with Crippen LogP contribution in [-0.2, 0) is 20.1 Å². The molecule has 0 atom stereocenters. The molecule has 3 rings (SSSR count). The zero-order chi connectivity index (χ0) is 16.9. The number of aliphatic imine (C=N–C) groups is 1. The third-order valence-corrected chi connectivity index (χ3v) is 4.04. The Morgan fingerprint density at radius 1 is 1.25 bits per heavy atom. The first-order chi connectivity index (χ1) is 11.7. The van der Waals surface area contributed by atoms with Crippen molar-refractivity contribution >= 4 is 27.5 Å². The number of hydrogen-bond acceptors (Lipinski definition) is 3. The molecule has 24 heavy (non-hydrogen) atoms. The molecule has 0 aromatic carbocycles. The van der Waals surface area contributed by atoms with Crippen molar-refractivity contribution in [2.45, 2.75) is 20.0 Å². The number of nitrogens with zero attached hydrogens (tertiary/aromatic N) is 5. The van der Waals surface area contributed by atoms with Gasteiger partial charge in [-0.3, -0.25) is 4.68 Å². The normalized spacial score (nSPS) is 11.9. The van der Waals surface area contributed by atoms with Gasteiger partial charge in [-0.05, 0) is 41.1 Å². The van der Waals surface area contributed by atoms with E-state index in [1.807, 2.05) is 53.6 Å². The Balaban J connectivity index is 1.68. The molecular formula is C16H20BrN7. The third-order valence-electron chi connectivity index (χ3n) is 3.57. The van der Waals surface area contributed by atoms with Crippen LogP contribution in [0.1, 0.15) is 18.3 Å². The molecule has 0 amide bonds. The molecule has 0 fully saturated rings. The predicted octanol–water partition coefficient (Wildman–Crippen LogP) is 2.09. The average molecular weight is 390 g/mol. The monoisotopic (exact) mass is 389 g/mol. The van der Waals surface area contributed by atoms with Gasteiger partial charge in [0.05, 0.1) is 24.5 Å². The van der Waals surface area contributed by atoms with E-state index in [0.29, 0.717) is 13.1 Å². The molecule has 0 aliphatic rings. The lowest BCUT2D eigenvalue weighted by molar-refractivity contribution is 0.684. The molecule has 0 saturated heterocycles. The van der Waals surface area contributed by atoms with Crippen LogP contribution in [0.15, 0.2) is 46.3 Å². The maximum Gasteiger partial charge on any atom is 0.191 e. The third kappa shape index (κ3) is 3.94. The first-order valence-corrected chi connectivity index (χ1v) is 8.57. The molecule has 126 valence electrons. The maximum absolute atomic E-state index is 4.61. The maximum atomic E-state index is 4.61. The molecule has 0 radical (unpaired) electrons. The zero-order valence-electron chi connectivity index (χ0n) is 13.7. The summed E-state index contributed by atoms with van der Waals surface area (Å²) in [6, 6.07) is 5.94. The molecule has 0 saturated carbocycles. The predicted molar refractivity (Wildman–Crippen MR) is 97.8 cm³/mol. The Kier molecular flexibility index (Phi) is 5.14. The summed E-state index contributed by atoms with van der Waals surface area (Å²) < 4.78 is 4.86. The Hall–Kier alpha value is -2.35. The summed E-state index contributed by atoms with van der Waals surface area (Å²) in [5, 5.41) is 10.7. The zero-order valence-corrected chi connectivity index (χ0v) is 15.3. The minimum Gasteiger partial charge on any atom is -0.357 e.